The van der Waals surface area contributed by atoms with Gasteiger partial charge < -0.3 is 19.5 Å². The summed E-state index contributed by atoms with van der Waals surface area (Å²) in [6.07, 6.45) is 0.868. The summed E-state index contributed by atoms with van der Waals surface area (Å²) in [5.41, 5.74) is 4.11. The average Bonchev–Trinajstić information content (AvgIpc) is 3.17. The Balaban J connectivity index is 1.75. The molecule has 1 fully saturated rings. The van der Waals surface area contributed by atoms with Gasteiger partial charge in [0.15, 0.2) is 0 Å². The van der Waals surface area contributed by atoms with Crippen molar-refractivity contribution in [1.82, 2.24) is 4.90 Å². The van der Waals surface area contributed by atoms with Crippen molar-refractivity contribution >= 4 is 23.4 Å². The molecule has 1 amide bonds. The van der Waals surface area contributed by atoms with E-state index in [9.17, 15) is 19.5 Å². The number of rotatable bonds is 9. The van der Waals surface area contributed by atoms with Gasteiger partial charge in [-0.25, -0.2) is 4.79 Å². The molecule has 0 bridgehead atoms. The molecule has 1 heterocycles. The van der Waals surface area contributed by atoms with E-state index in [4.69, 9.17) is 9.47 Å². The summed E-state index contributed by atoms with van der Waals surface area (Å²) in [5, 5.41) is 11.4. The van der Waals surface area contributed by atoms with Crippen LogP contribution < -0.4 is 4.74 Å². The van der Waals surface area contributed by atoms with Crippen molar-refractivity contribution in [2.45, 2.75) is 46.7 Å². The first-order valence-corrected chi connectivity index (χ1v) is 13.1. The Kier molecular flexibility index (Phi) is 8.49. The van der Waals surface area contributed by atoms with Crippen LogP contribution in [0.1, 0.15) is 64.5 Å². The molecular weight excluding hydrogens is 494 g/mol. The fourth-order valence-electron chi connectivity index (χ4n) is 4.71. The lowest BCUT2D eigenvalue weighted by Crippen LogP contribution is -2.29. The standard InChI is InChI=1S/C32H33NO6/c1-5-16-39-26-15-14-25(18-21(26)4)29(34)27-28(24-9-7-8-20(3)17-24)33(31(36)30(27)35)19-22-10-12-23(13-11-22)32(37)38-6-2/h7-15,17-18,28,34H,5-6,16,19H2,1-4H3/b29-27-. The lowest BCUT2D eigenvalue weighted by Gasteiger charge is -2.26. The van der Waals surface area contributed by atoms with Gasteiger partial charge in [0.1, 0.15) is 11.5 Å². The van der Waals surface area contributed by atoms with E-state index in [0.717, 1.165) is 28.7 Å². The minimum absolute atomic E-state index is 0.0374. The molecule has 1 atom stereocenters. The van der Waals surface area contributed by atoms with Gasteiger partial charge in [0.2, 0.25) is 0 Å². The Morgan fingerprint density at radius 3 is 2.31 bits per heavy atom. The van der Waals surface area contributed by atoms with Crippen molar-refractivity contribution in [1.29, 1.82) is 0 Å². The molecule has 1 aliphatic heterocycles. The van der Waals surface area contributed by atoms with Crippen molar-refractivity contribution in [3.05, 3.63) is 106 Å². The summed E-state index contributed by atoms with van der Waals surface area (Å²) < 4.78 is 10.8. The van der Waals surface area contributed by atoms with Gasteiger partial charge in [0.05, 0.1) is 30.4 Å². The topological polar surface area (TPSA) is 93.1 Å². The number of aliphatic hydroxyl groups excluding tert-OH is 1. The zero-order valence-electron chi connectivity index (χ0n) is 22.7. The van der Waals surface area contributed by atoms with Crippen molar-refractivity contribution in [3.8, 4) is 5.75 Å². The van der Waals surface area contributed by atoms with Crippen LogP contribution >= 0.6 is 0 Å². The fraction of sp³-hybridized carbons (Fsp3) is 0.281. The number of esters is 1. The maximum Gasteiger partial charge on any atom is 0.338 e. The SMILES string of the molecule is CCCOc1ccc(/C(O)=C2/C(=O)C(=O)N(Cc3ccc(C(=O)OCC)cc3)C2c2cccc(C)c2)cc1C. The van der Waals surface area contributed by atoms with Gasteiger partial charge in [-0.15, -0.1) is 0 Å². The fourth-order valence-corrected chi connectivity index (χ4v) is 4.71. The number of carbonyl (C=O) groups is 3. The number of ketones is 1. The minimum atomic E-state index is -0.786. The Labute approximate surface area is 228 Å². The summed E-state index contributed by atoms with van der Waals surface area (Å²) >= 11 is 0. The molecule has 0 aromatic heterocycles. The first-order chi connectivity index (χ1) is 18.7. The molecular formula is C32H33NO6. The molecule has 4 rings (SSSR count). The van der Waals surface area contributed by atoms with Gasteiger partial charge in [0, 0.05) is 12.1 Å². The first kappa shape index (κ1) is 27.6. The van der Waals surface area contributed by atoms with Crippen LogP contribution in [0.2, 0.25) is 0 Å². The van der Waals surface area contributed by atoms with Crippen LogP contribution in [0, 0.1) is 13.8 Å². The molecule has 0 saturated carbocycles. The van der Waals surface area contributed by atoms with Crippen molar-refractivity contribution in [2.24, 2.45) is 0 Å². The van der Waals surface area contributed by atoms with Crippen LogP contribution in [0.25, 0.3) is 5.76 Å². The molecule has 0 aliphatic carbocycles. The normalized spacial score (nSPS) is 16.4. The van der Waals surface area contributed by atoms with Gasteiger partial charge in [-0.1, -0.05) is 48.9 Å². The maximum absolute atomic E-state index is 13.4. The van der Waals surface area contributed by atoms with Crippen molar-refractivity contribution in [3.63, 3.8) is 0 Å². The second-order valence-corrected chi connectivity index (χ2v) is 9.59. The number of aryl methyl sites for hydroxylation is 2. The number of benzene rings is 3. The van der Waals surface area contributed by atoms with E-state index in [1.165, 1.54) is 4.90 Å². The summed E-state index contributed by atoms with van der Waals surface area (Å²) in [5.74, 6) is -1.39. The van der Waals surface area contributed by atoms with Gasteiger partial charge in [-0.05, 0) is 74.2 Å². The van der Waals surface area contributed by atoms with Crippen LogP contribution in [-0.2, 0) is 20.9 Å². The van der Waals surface area contributed by atoms with Crippen LogP contribution in [0.5, 0.6) is 5.75 Å². The molecule has 3 aromatic carbocycles. The number of amides is 1. The molecule has 1 N–H and O–H groups in total. The Morgan fingerprint density at radius 2 is 1.67 bits per heavy atom. The van der Waals surface area contributed by atoms with Gasteiger partial charge in [0.25, 0.3) is 11.7 Å². The first-order valence-electron chi connectivity index (χ1n) is 13.1. The molecule has 1 saturated heterocycles. The highest BCUT2D eigenvalue weighted by Crippen LogP contribution is 2.41. The van der Waals surface area contributed by atoms with E-state index < -0.39 is 23.7 Å². The summed E-state index contributed by atoms with van der Waals surface area (Å²) in [4.78, 5) is 40.3. The molecule has 0 radical (unpaired) electrons. The zero-order chi connectivity index (χ0) is 28.1. The van der Waals surface area contributed by atoms with E-state index in [1.807, 2.05) is 45.0 Å². The van der Waals surface area contributed by atoms with E-state index in [2.05, 4.69) is 0 Å². The largest absolute Gasteiger partial charge is 0.507 e. The Morgan fingerprint density at radius 1 is 0.949 bits per heavy atom. The predicted molar refractivity (Wildman–Crippen MR) is 148 cm³/mol. The van der Waals surface area contributed by atoms with E-state index in [0.29, 0.717) is 23.5 Å². The zero-order valence-corrected chi connectivity index (χ0v) is 22.7. The van der Waals surface area contributed by atoms with E-state index in [-0.39, 0.29) is 24.5 Å². The summed E-state index contributed by atoms with van der Waals surface area (Å²) in [7, 11) is 0. The highest BCUT2D eigenvalue weighted by molar-refractivity contribution is 6.46. The highest BCUT2D eigenvalue weighted by atomic mass is 16.5. The molecule has 3 aromatic rings. The molecule has 1 unspecified atom stereocenters. The summed E-state index contributed by atoms with van der Waals surface area (Å²) in [6.45, 7) is 8.53. The summed E-state index contributed by atoms with van der Waals surface area (Å²) in [6, 6.07) is 18.7. The molecule has 7 heteroatoms. The molecule has 202 valence electrons. The number of Topliss-reactive ketones (excluding diaryl/α,β-unsaturated/α-hetero) is 1. The number of likely N-dealkylation sites (tertiary alicyclic amines) is 1. The maximum atomic E-state index is 13.4. The second-order valence-electron chi connectivity index (χ2n) is 9.59. The average molecular weight is 528 g/mol. The van der Waals surface area contributed by atoms with Crippen LogP contribution in [-0.4, -0.2) is 40.9 Å². The number of nitrogens with zero attached hydrogens (tertiary/aromatic N) is 1. The second kappa shape index (κ2) is 12.0. The van der Waals surface area contributed by atoms with Crippen LogP contribution in [0.15, 0.2) is 72.3 Å². The predicted octanol–water partition coefficient (Wildman–Crippen LogP) is 5.89. The van der Waals surface area contributed by atoms with E-state index >= 15 is 0 Å². The third kappa shape index (κ3) is 5.87. The number of carbonyl (C=O) groups excluding carboxylic acids is 3. The minimum Gasteiger partial charge on any atom is -0.507 e. The third-order valence-electron chi connectivity index (χ3n) is 6.63. The Bertz CT molecular complexity index is 1420. The quantitative estimate of drug-likeness (QED) is 0.161. The number of ether oxygens (including phenoxy) is 2. The molecule has 1 aliphatic rings. The molecule has 7 nitrogen and oxygen atoms in total. The van der Waals surface area contributed by atoms with Gasteiger partial charge >= 0.3 is 5.97 Å². The number of hydrogen-bond donors (Lipinski definition) is 1. The third-order valence-corrected chi connectivity index (χ3v) is 6.63. The van der Waals surface area contributed by atoms with Gasteiger partial charge in [-0.3, -0.25) is 9.59 Å². The molecule has 39 heavy (non-hydrogen) atoms. The number of aliphatic hydroxyl groups is 1. The lowest BCUT2D eigenvalue weighted by molar-refractivity contribution is -0.140. The highest BCUT2D eigenvalue weighted by Gasteiger charge is 2.46. The number of hydrogen-bond acceptors (Lipinski definition) is 6. The monoisotopic (exact) mass is 527 g/mol. The lowest BCUT2D eigenvalue weighted by atomic mass is 9.94. The van der Waals surface area contributed by atoms with Crippen LogP contribution in [0.3, 0.4) is 0 Å². The van der Waals surface area contributed by atoms with Crippen molar-refractivity contribution < 1.29 is 29.0 Å². The Hall–Kier alpha value is -4.39. The smallest absolute Gasteiger partial charge is 0.338 e. The van der Waals surface area contributed by atoms with Gasteiger partial charge in [-0.2, -0.15) is 0 Å². The molecule has 0 spiro atoms. The van der Waals surface area contributed by atoms with Crippen LogP contribution in [0.4, 0.5) is 0 Å². The van der Waals surface area contributed by atoms with Crippen molar-refractivity contribution in [2.75, 3.05) is 13.2 Å². The van der Waals surface area contributed by atoms with E-state index in [1.54, 1.807) is 49.4 Å².